The average molecular weight is 289 g/mol. The molecule has 0 aromatic heterocycles. The van der Waals surface area contributed by atoms with E-state index in [0.717, 1.165) is 10.5 Å². The van der Waals surface area contributed by atoms with Gasteiger partial charge < -0.3 is 4.74 Å². The zero-order valence-corrected chi connectivity index (χ0v) is 11.2. The van der Waals surface area contributed by atoms with E-state index in [-0.39, 0.29) is 5.97 Å². The minimum atomic E-state index is -0.247. The molecule has 1 aromatic rings. The first kappa shape index (κ1) is 12.6. The number of ether oxygens (including phenoxy) is 1. The van der Waals surface area contributed by atoms with Gasteiger partial charge in [-0.25, -0.2) is 4.79 Å². The molecule has 1 aromatic carbocycles. The van der Waals surface area contributed by atoms with Crippen molar-refractivity contribution in [3.63, 3.8) is 0 Å². The number of benzene rings is 1. The summed E-state index contributed by atoms with van der Waals surface area (Å²) in [6.45, 7) is 2.22. The van der Waals surface area contributed by atoms with Gasteiger partial charge in [-0.1, -0.05) is 22.0 Å². The number of hydrogen-bond acceptors (Lipinski definition) is 3. The van der Waals surface area contributed by atoms with Crippen LogP contribution in [0.15, 0.2) is 23.1 Å². The van der Waals surface area contributed by atoms with Crippen molar-refractivity contribution in [1.82, 2.24) is 0 Å². The van der Waals surface area contributed by atoms with Gasteiger partial charge in [0.1, 0.15) is 0 Å². The molecule has 0 unspecified atom stereocenters. The monoisotopic (exact) mass is 288 g/mol. The Morgan fingerprint density at radius 3 is 2.80 bits per heavy atom. The van der Waals surface area contributed by atoms with E-state index in [1.165, 1.54) is 0 Å². The predicted molar refractivity (Wildman–Crippen MR) is 66.8 cm³/mol. The van der Waals surface area contributed by atoms with Crippen molar-refractivity contribution in [2.75, 3.05) is 12.9 Å². The van der Waals surface area contributed by atoms with Gasteiger partial charge in [0, 0.05) is 10.2 Å². The number of thioether (sulfide) groups is 1. The number of carbonyl (C=O) groups excluding carboxylic acids is 1. The van der Waals surface area contributed by atoms with Crippen LogP contribution >= 0.6 is 27.7 Å². The number of alkyl halides is 1. The summed E-state index contributed by atoms with van der Waals surface area (Å²) in [5.41, 5.74) is 1.62. The molecule has 2 nitrogen and oxygen atoms in total. The van der Waals surface area contributed by atoms with Crippen LogP contribution in [0.5, 0.6) is 0 Å². The summed E-state index contributed by atoms with van der Waals surface area (Å²) in [7, 11) is 0. The van der Waals surface area contributed by atoms with Gasteiger partial charge in [-0.3, -0.25) is 0 Å². The summed E-state index contributed by atoms with van der Waals surface area (Å²) >= 11 is 4.97. The molecule has 0 saturated heterocycles. The van der Waals surface area contributed by atoms with Gasteiger partial charge in [0.2, 0.25) is 0 Å². The zero-order valence-electron chi connectivity index (χ0n) is 8.75. The van der Waals surface area contributed by atoms with Crippen molar-refractivity contribution in [3.05, 3.63) is 29.3 Å². The highest BCUT2D eigenvalue weighted by Gasteiger charge is 2.12. The first-order valence-electron chi connectivity index (χ1n) is 4.63. The molecule has 0 fully saturated rings. The smallest absolute Gasteiger partial charge is 0.338 e. The molecule has 0 bridgehead atoms. The number of hydrogen-bond donors (Lipinski definition) is 0. The van der Waals surface area contributed by atoms with Crippen LogP contribution in [0.4, 0.5) is 0 Å². The number of esters is 1. The molecule has 0 spiro atoms. The van der Waals surface area contributed by atoms with Crippen molar-refractivity contribution in [3.8, 4) is 0 Å². The summed E-state index contributed by atoms with van der Waals surface area (Å²) in [5, 5.41) is 0.663. The highest BCUT2D eigenvalue weighted by atomic mass is 79.9. The van der Waals surface area contributed by atoms with E-state index in [1.54, 1.807) is 11.8 Å². The van der Waals surface area contributed by atoms with E-state index >= 15 is 0 Å². The van der Waals surface area contributed by atoms with Gasteiger partial charge in [0.05, 0.1) is 12.2 Å². The Morgan fingerprint density at radius 1 is 1.53 bits per heavy atom. The van der Waals surface area contributed by atoms with Crippen molar-refractivity contribution in [2.45, 2.75) is 17.1 Å². The quantitative estimate of drug-likeness (QED) is 0.482. The molecule has 1 rings (SSSR count). The van der Waals surface area contributed by atoms with Gasteiger partial charge in [-0.2, -0.15) is 0 Å². The normalized spacial score (nSPS) is 10.1. The second-order valence-electron chi connectivity index (χ2n) is 2.88. The minimum Gasteiger partial charge on any atom is -0.462 e. The fourth-order valence-corrected chi connectivity index (χ4v) is 2.13. The Hall–Kier alpha value is -0.480. The van der Waals surface area contributed by atoms with Crippen LogP contribution in [0.3, 0.4) is 0 Å². The Labute approximate surface area is 103 Å². The zero-order chi connectivity index (χ0) is 11.3. The van der Waals surface area contributed by atoms with E-state index < -0.39 is 0 Å². The van der Waals surface area contributed by atoms with Crippen LogP contribution in [0, 0.1) is 0 Å². The lowest BCUT2D eigenvalue weighted by Crippen LogP contribution is -2.07. The van der Waals surface area contributed by atoms with Crippen LogP contribution in [0.2, 0.25) is 0 Å². The predicted octanol–water partition coefficient (Wildman–Crippen LogP) is 3.48. The molecule has 0 radical (unpaired) electrons. The number of rotatable bonds is 4. The Morgan fingerprint density at radius 2 is 2.27 bits per heavy atom. The van der Waals surface area contributed by atoms with E-state index in [0.29, 0.717) is 17.5 Å². The van der Waals surface area contributed by atoms with E-state index in [1.807, 2.05) is 31.4 Å². The van der Waals surface area contributed by atoms with Crippen LogP contribution in [-0.4, -0.2) is 18.8 Å². The third-order valence-corrected chi connectivity index (χ3v) is 3.29. The molecule has 82 valence electrons. The second-order valence-corrected chi connectivity index (χ2v) is 4.32. The van der Waals surface area contributed by atoms with Gasteiger partial charge in [0.25, 0.3) is 0 Å². The summed E-state index contributed by atoms with van der Waals surface area (Å²) in [6, 6.07) is 5.83. The lowest BCUT2D eigenvalue weighted by atomic mass is 10.1. The third kappa shape index (κ3) is 3.24. The maximum absolute atomic E-state index is 11.6. The van der Waals surface area contributed by atoms with Crippen LogP contribution in [-0.2, 0) is 10.1 Å². The Balaban J connectivity index is 3.05. The Bertz CT molecular complexity index is 352. The van der Waals surface area contributed by atoms with Crippen LogP contribution < -0.4 is 0 Å². The molecule has 4 heteroatoms. The molecule has 0 amide bonds. The Kier molecular flexibility index (Phi) is 5.19. The van der Waals surface area contributed by atoms with Crippen LogP contribution in [0.1, 0.15) is 22.8 Å². The average Bonchev–Trinajstić information content (AvgIpc) is 2.28. The van der Waals surface area contributed by atoms with Crippen LogP contribution in [0.25, 0.3) is 0 Å². The fourth-order valence-electron chi connectivity index (χ4n) is 1.20. The van der Waals surface area contributed by atoms with Gasteiger partial charge in [0.15, 0.2) is 0 Å². The standard InChI is InChI=1S/C11H13BrO2S/c1-3-14-11(13)10-6-9(15-2)5-4-8(10)7-12/h4-6H,3,7H2,1-2H3. The summed E-state index contributed by atoms with van der Waals surface area (Å²) in [5.74, 6) is -0.247. The second kappa shape index (κ2) is 6.18. The first-order valence-corrected chi connectivity index (χ1v) is 6.97. The summed E-state index contributed by atoms with van der Waals surface area (Å²) in [6.07, 6.45) is 1.98. The highest BCUT2D eigenvalue weighted by Crippen LogP contribution is 2.21. The van der Waals surface area contributed by atoms with Crippen molar-refractivity contribution in [2.24, 2.45) is 0 Å². The topological polar surface area (TPSA) is 26.3 Å². The molecule has 0 heterocycles. The maximum Gasteiger partial charge on any atom is 0.338 e. The SMILES string of the molecule is CCOC(=O)c1cc(SC)ccc1CBr. The first-order chi connectivity index (χ1) is 7.22. The molecular formula is C11H13BrO2S. The lowest BCUT2D eigenvalue weighted by molar-refractivity contribution is 0.0525. The minimum absolute atomic E-state index is 0.247. The fraction of sp³-hybridized carbons (Fsp3) is 0.364. The third-order valence-electron chi connectivity index (χ3n) is 1.96. The number of halogens is 1. The molecule has 0 aliphatic rings. The van der Waals surface area contributed by atoms with E-state index in [2.05, 4.69) is 15.9 Å². The van der Waals surface area contributed by atoms with Gasteiger partial charge in [-0.05, 0) is 30.9 Å². The van der Waals surface area contributed by atoms with Gasteiger partial charge >= 0.3 is 5.97 Å². The summed E-state index contributed by atoms with van der Waals surface area (Å²) < 4.78 is 5.00. The lowest BCUT2D eigenvalue weighted by Gasteiger charge is -2.08. The molecule has 0 aliphatic carbocycles. The largest absolute Gasteiger partial charge is 0.462 e. The van der Waals surface area contributed by atoms with E-state index in [4.69, 9.17) is 4.74 Å². The molecule has 0 atom stereocenters. The molecule has 15 heavy (non-hydrogen) atoms. The summed E-state index contributed by atoms with van der Waals surface area (Å²) in [4.78, 5) is 12.7. The molecule has 0 saturated carbocycles. The molecule has 0 aliphatic heterocycles. The van der Waals surface area contributed by atoms with Gasteiger partial charge in [-0.15, -0.1) is 11.8 Å². The maximum atomic E-state index is 11.6. The highest BCUT2D eigenvalue weighted by molar-refractivity contribution is 9.08. The van der Waals surface area contributed by atoms with Crippen molar-refractivity contribution < 1.29 is 9.53 Å². The van der Waals surface area contributed by atoms with Crippen molar-refractivity contribution >= 4 is 33.7 Å². The number of carbonyl (C=O) groups is 1. The molecular weight excluding hydrogens is 276 g/mol. The van der Waals surface area contributed by atoms with E-state index in [9.17, 15) is 4.79 Å². The molecule has 0 N–H and O–H groups in total. The van der Waals surface area contributed by atoms with Crippen molar-refractivity contribution in [1.29, 1.82) is 0 Å².